The SMILES string of the molecule is CNS(=O)(=O)C(C)c1ccc(C)cc1.O=C(O)C(F)(F)F. The number of alkyl halides is 3. The van der Waals surface area contributed by atoms with Crippen LogP contribution in [-0.2, 0) is 14.8 Å². The van der Waals surface area contributed by atoms with Crippen LogP contribution in [0.15, 0.2) is 24.3 Å². The van der Waals surface area contributed by atoms with Crippen LogP contribution in [0.1, 0.15) is 23.3 Å². The van der Waals surface area contributed by atoms with E-state index in [4.69, 9.17) is 9.90 Å². The van der Waals surface area contributed by atoms with Crippen molar-refractivity contribution < 1.29 is 31.5 Å². The van der Waals surface area contributed by atoms with Gasteiger partial charge in [-0.05, 0) is 26.5 Å². The Morgan fingerprint density at radius 1 is 1.24 bits per heavy atom. The minimum absolute atomic E-state index is 0.506. The fourth-order valence-corrected chi connectivity index (χ4v) is 2.06. The first-order chi connectivity index (χ1) is 9.41. The molecule has 0 fully saturated rings. The molecule has 120 valence electrons. The van der Waals surface area contributed by atoms with Crippen LogP contribution in [0.3, 0.4) is 0 Å². The Labute approximate surface area is 120 Å². The first kappa shape index (κ1) is 19.4. The normalized spacial score (nSPS) is 13.0. The van der Waals surface area contributed by atoms with Crippen LogP contribution in [0.5, 0.6) is 0 Å². The van der Waals surface area contributed by atoms with Crippen molar-refractivity contribution >= 4 is 16.0 Å². The molecule has 1 aromatic rings. The highest BCUT2D eigenvalue weighted by atomic mass is 32.2. The van der Waals surface area contributed by atoms with Gasteiger partial charge >= 0.3 is 12.1 Å². The molecule has 1 rings (SSSR count). The van der Waals surface area contributed by atoms with E-state index in [1.54, 1.807) is 6.92 Å². The second-order valence-electron chi connectivity index (χ2n) is 4.10. The second kappa shape index (κ2) is 7.41. The molecule has 9 heteroatoms. The molecule has 5 nitrogen and oxygen atoms in total. The number of hydrogen-bond donors (Lipinski definition) is 2. The Kier molecular flexibility index (Phi) is 6.84. The van der Waals surface area contributed by atoms with Gasteiger partial charge in [0.05, 0.1) is 5.25 Å². The number of benzene rings is 1. The third-order valence-electron chi connectivity index (χ3n) is 2.54. The molecular formula is C12H16F3NO4S. The van der Waals surface area contributed by atoms with Crippen LogP contribution >= 0.6 is 0 Å². The Bertz CT molecular complexity index is 567. The van der Waals surface area contributed by atoms with E-state index in [-0.39, 0.29) is 0 Å². The number of hydrogen-bond acceptors (Lipinski definition) is 3. The summed E-state index contributed by atoms with van der Waals surface area (Å²) < 4.78 is 57.0. The van der Waals surface area contributed by atoms with Crippen LogP contribution < -0.4 is 4.72 Å². The van der Waals surface area contributed by atoms with Crippen LogP contribution in [0.25, 0.3) is 0 Å². The van der Waals surface area contributed by atoms with Crippen molar-refractivity contribution in [1.29, 1.82) is 0 Å². The second-order valence-corrected chi connectivity index (χ2v) is 6.31. The number of carboxylic acid groups (broad SMARTS) is 1. The number of aryl methyl sites for hydroxylation is 1. The molecule has 0 aliphatic heterocycles. The first-order valence-corrected chi connectivity index (χ1v) is 7.25. The summed E-state index contributed by atoms with van der Waals surface area (Å²) in [7, 11) is -1.78. The third-order valence-corrected chi connectivity index (χ3v) is 4.31. The van der Waals surface area contributed by atoms with E-state index in [9.17, 15) is 21.6 Å². The van der Waals surface area contributed by atoms with Gasteiger partial charge in [-0.15, -0.1) is 0 Å². The van der Waals surface area contributed by atoms with Crippen molar-refractivity contribution in [3.05, 3.63) is 35.4 Å². The van der Waals surface area contributed by atoms with Gasteiger partial charge in [-0.1, -0.05) is 29.8 Å². The topological polar surface area (TPSA) is 83.5 Å². The molecule has 0 radical (unpaired) electrons. The van der Waals surface area contributed by atoms with Crippen LogP contribution in [0, 0.1) is 6.92 Å². The third kappa shape index (κ3) is 6.58. The lowest BCUT2D eigenvalue weighted by Crippen LogP contribution is -2.23. The Morgan fingerprint density at radius 2 is 1.62 bits per heavy atom. The van der Waals surface area contributed by atoms with Crippen LogP contribution in [0.4, 0.5) is 13.2 Å². The molecule has 0 aliphatic carbocycles. The largest absolute Gasteiger partial charge is 0.490 e. The predicted molar refractivity (Wildman–Crippen MR) is 71.3 cm³/mol. The summed E-state index contributed by atoms with van der Waals surface area (Å²) in [5.74, 6) is -2.76. The van der Waals surface area contributed by atoms with Gasteiger partial charge in [-0.2, -0.15) is 13.2 Å². The zero-order valence-electron chi connectivity index (χ0n) is 11.6. The molecule has 1 aromatic carbocycles. The lowest BCUT2D eigenvalue weighted by atomic mass is 10.1. The van der Waals surface area contributed by atoms with Crippen molar-refractivity contribution in [1.82, 2.24) is 4.72 Å². The minimum Gasteiger partial charge on any atom is -0.475 e. The minimum atomic E-state index is -5.08. The fourth-order valence-electron chi connectivity index (χ4n) is 1.19. The fraction of sp³-hybridized carbons (Fsp3) is 0.417. The van der Waals surface area contributed by atoms with E-state index < -0.39 is 27.4 Å². The van der Waals surface area contributed by atoms with Gasteiger partial charge in [0.15, 0.2) is 0 Å². The zero-order chi connectivity index (χ0) is 16.8. The zero-order valence-corrected chi connectivity index (χ0v) is 12.4. The molecule has 1 unspecified atom stereocenters. The molecule has 0 saturated heterocycles. The average Bonchev–Trinajstić information content (AvgIpc) is 2.38. The molecule has 0 bridgehead atoms. The van der Waals surface area contributed by atoms with Crippen molar-refractivity contribution in [2.75, 3.05) is 7.05 Å². The molecule has 0 aliphatic rings. The van der Waals surface area contributed by atoms with Gasteiger partial charge in [0.25, 0.3) is 0 Å². The van der Waals surface area contributed by atoms with Crippen molar-refractivity contribution in [2.45, 2.75) is 25.3 Å². The van der Waals surface area contributed by atoms with Crippen LogP contribution in [0.2, 0.25) is 0 Å². The predicted octanol–water partition coefficient (Wildman–Crippen LogP) is 2.24. The molecule has 1 atom stereocenters. The average molecular weight is 327 g/mol. The summed E-state index contributed by atoms with van der Waals surface area (Å²) in [5.41, 5.74) is 1.94. The maximum Gasteiger partial charge on any atom is 0.490 e. The highest BCUT2D eigenvalue weighted by molar-refractivity contribution is 7.89. The first-order valence-electron chi connectivity index (χ1n) is 5.71. The Hall–Kier alpha value is -1.61. The summed E-state index contributed by atoms with van der Waals surface area (Å²) in [6.07, 6.45) is -5.08. The van der Waals surface area contributed by atoms with E-state index >= 15 is 0 Å². The molecular weight excluding hydrogens is 311 g/mol. The van der Waals surface area contributed by atoms with Crippen molar-refractivity contribution in [3.63, 3.8) is 0 Å². The number of halogens is 3. The number of rotatable bonds is 3. The maximum atomic E-state index is 11.5. The van der Waals surface area contributed by atoms with Gasteiger partial charge in [-0.25, -0.2) is 17.9 Å². The van der Waals surface area contributed by atoms with E-state index in [2.05, 4.69) is 4.72 Å². The van der Waals surface area contributed by atoms with Gasteiger partial charge in [0, 0.05) is 0 Å². The number of aliphatic carboxylic acids is 1. The molecule has 0 spiro atoms. The van der Waals surface area contributed by atoms with Gasteiger partial charge in [0.2, 0.25) is 10.0 Å². The van der Waals surface area contributed by atoms with E-state index in [1.165, 1.54) is 7.05 Å². The number of carboxylic acids is 1. The van der Waals surface area contributed by atoms with E-state index in [0.29, 0.717) is 0 Å². The number of sulfonamides is 1. The Balaban J connectivity index is 0.000000486. The van der Waals surface area contributed by atoms with Crippen molar-refractivity contribution in [3.8, 4) is 0 Å². The Morgan fingerprint density at radius 3 is 1.90 bits per heavy atom. The number of carbonyl (C=O) groups is 1. The van der Waals surface area contributed by atoms with E-state index in [0.717, 1.165) is 11.1 Å². The lowest BCUT2D eigenvalue weighted by Gasteiger charge is -2.12. The summed E-state index contributed by atoms with van der Waals surface area (Å²) in [5, 5.41) is 6.62. The van der Waals surface area contributed by atoms with Gasteiger partial charge in [-0.3, -0.25) is 0 Å². The van der Waals surface area contributed by atoms with Gasteiger partial charge < -0.3 is 5.11 Å². The quantitative estimate of drug-likeness (QED) is 0.892. The summed E-state index contributed by atoms with van der Waals surface area (Å²) in [6, 6.07) is 7.51. The van der Waals surface area contributed by atoms with Gasteiger partial charge in [0.1, 0.15) is 0 Å². The number of nitrogens with one attached hydrogen (secondary N) is 1. The highest BCUT2D eigenvalue weighted by Gasteiger charge is 2.38. The van der Waals surface area contributed by atoms with Crippen LogP contribution in [-0.4, -0.2) is 32.7 Å². The lowest BCUT2D eigenvalue weighted by molar-refractivity contribution is -0.192. The standard InChI is InChI=1S/C10H15NO2S.C2HF3O2/c1-8-4-6-10(7-5-8)9(2)14(12,13)11-3;3-2(4,5)1(6)7/h4-7,9,11H,1-3H3;(H,6,7). The molecule has 0 aromatic heterocycles. The maximum absolute atomic E-state index is 11.5. The summed E-state index contributed by atoms with van der Waals surface area (Å²) >= 11 is 0. The summed E-state index contributed by atoms with van der Waals surface area (Å²) in [4.78, 5) is 8.90. The highest BCUT2D eigenvalue weighted by Crippen LogP contribution is 2.20. The molecule has 2 N–H and O–H groups in total. The molecule has 0 saturated carbocycles. The van der Waals surface area contributed by atoms with Crippen molar-refractivity contribution in [2.24, 2.45) is 0 Å². The summed E-state index contributed by atoms with van der Waals surface area (Å²) in [6.45, 7) is 3.65. The molecule has 0 heterocycles. The molecule has 0 amide bonds. The molecule has 21 heavy (non-hydrogen) atoms. The monoisotopic (exact) mass is 327 g/mol. The smallest absolute Gasteiger partial charge is 0.475 e. The van der Waals surface area contributed by atoms with E-state index in [1.807, 2.05) is 31.2 Å².